The molecule has 0 aliphatic carbocycles. The lowest BCUT2D eigenvalue weighted by Gasteiger charge is -2.18. The third-order valence-electron chi connectivity index (χ3n) is 4.63. The molecule has 1 aromatic heterocycles. The lowest BCUT2D eigenvalue weighted by Crippen LogP contribution is -2.23. The summed E-state index contributed by atoms with van der Waals surface area (Å²) >= 11 is 0. The number of furan rings is 1. The van der Waals surface area contributed by atoms with Crippen LogP contribution in [0.1, 0.15) is 56.3 Å². The fourth-order valence-corrected chi connectivity index (χ4v) is 3.89. The average molecular weight is 428 g/mol. The topological polar surface area (TPSA) is 68.5 Å². The number of anilines is 1. The van der Waals surface area contributed by atoms with Crippen molar-refractivity contribution in [3.8, 4) is 0 Å². The van der Waals surface area contributed by atoms with Crippen molar-refractivity contribution in [3.63, 3.8) is 0 Å². The minimum atomic E-state index is -1.01. The Kier molecular flexibility index (Phi) is 6.78. The number of rotatable bonds is 7. The molecular formula is C24H29NO4S. The Morgan fingerprint density at radius 2 is 1.87 bits per heavy atom. The fraction of sp³-hybridized carbons (Fsp3) is 0.375. The number of ether oxygens (including phenoxy) is 1. The highest BCUT2D eigenvalue weighted by Crippen LogP contribution is 2.28. The number of fused-ring (bicyclic) bond motifs is 1. The van der Waals surface area contributed by atoms with Crippen molar-refractivity contribution in [2.75, 3.05) is 5.32 Å². The highest BCUT2D eigenvalue weighted by molar-refractivity contribution is 7.85. The molecule has 3 rings (SSSR count). The molecule has 1 N–H and O–H groups in total. The van der Waals surface area contributed by atoms with Gasteiger partial charge in [0.25, 0.3) is 5.91 Å². The van der Waals surface area contributed by atoms with Crippen LogP contribution in [0, 0.1) is 0 Å². The van der Waals surface area contributed by atoms with Crippen molar-refractivity contribution in [1.82, 2.24) is 0 Å². The van der Waals surface area contributed by atoms with Crippen molar-refractivity contribution in [3.05, 3.63) is 65.4 Å². The molecule has 0 aliphatic rings. The quantitative estimate of drug-likeness (QED) is 0.528. The van der Waals surface area contributed by atoms with Crippen LogP contribution >= 0.6 is 0 Å². The first-order valence-corrected chi connectivity index (χ1v) is 11.4. The van der Waals surface area contributed by atoms with Gasteiger partial charge in [-0.15, -0.1) is 0 Å². The van der Waals surface area contributed by atoms with Crippen molar-refractivity contribution in [2.45, 2.75) is 57.8 Å². The zero-order valence-electron chi connectivity index (χ0n) is 18.2. The molecule has 0 saturated heterocycles. The summed E-state index contributed by atoms with van der Waals surface area (Å²) in [6, 6.07) is 15.0. The number of amides is 1. The van der Waals surface area contributed by atoms with Gasteiger partial charge < -0.3 is 14.5 Å². The SMILES string of the molecule is CC(C)OCc1c(C(=O)Nc2cccc(CS(=O)C(C)(C)C)c2)oc2ccccc12. The normalized spacial score (nSPS) is 13.0. The Labute approximate surface area is 180 Å². The smallest absolute Gasteiger partial charge is 0.291 e. The molecule has 1 unspecified atom stereocenters. The molecule has 30 heavy (non-hydrogen) atoms. The molecule has 3 aromatic rings. The number of nitrogens with one attached hydrogen (secondary N) is 1. The Balaban J connectivity index is 1.84. The molecular weight excluding hydrogens is 398 g/mol. The standard InChI is InChI=1S/C24H29NO4S/c1-16(2)28-14-20-19-11-6-7-12-21(19)29-22(20)23(26)25-18-10-8-9-17(13-18)15-30(27)24(3,4)5/h6-13,16H,14-15H2,1-5H3,(H,25,26). The molecule has 1 amide bonds. The van der Waals surface area contributed by atoms with E-state index in [2.05, 4.69) is 5.32 Å². The van der Waals surface area contributed by atoms with Gasteiger partial charge in [0.1, 0.15) is 5.58 Å². The van der Waals surface area contributed by atoms with Crippen LogP contribution in [0.2, 0.25) is 0 Å². The highest BCUT2D eigenvalue weighted by atomic mass is 32.2. The molecule has 0 fully saturated rings. The van der Waals surface area contributed by atoms with Crippen LogP contribution in [0.4, 0.5) is 5.69 Å². The molecule has 0 radical (unpaired) electrons. The molecule has 0 aliphatic heterocycles. The molecule has 5 nitrogen and oxygen atoms in total. The van der Waals surface area contributed by atoms with E-state index in [0.717, 1.165) is 16.5 Å². The predicted molar refractivity (Wildman–Crippen MR) is 122 cm³/mol. The van der Waals surface area contributed by atoms with E-state index in [4.69, 9.17) is 9.15 Å². The molecule has 0 bridgehead atoms. The maximum absolute atomic E-state index is 13.0. The summed E-state index contributed by atoms with van der Waals surface area (Å²) in [4.78, 5) is 13.0. The molecule has 0 spiro atoms. The van der Waals surface area contributed by atoms with E-state index in [0.29, 0.717) is 23.6 Å². The first-order valence-electron chi connectivity index (χ1n) is 10.1. The molecule has 1 heterocycles. The first kappa shape index (κ1) is 22.2. The van der Waals surface area contributed by atoms with Gasteiger partial charge >= 0.3 is 0 Å². The van der Waals surface area contributed by atoms with E-state index in [1.54, 1.807) is 0 Å². The van der Waals surface area contributed by atoms with E-state index >= 15 is 0 Å². The third-order valence-corrected chi connectivity index (χ3v) is 6.59. The second-order valence-corrected chi connectivity index (χ2v) is 10.7. The van der Waals surface area contributed by atoms with Gasteiger partial charge in [0, 0.05) is 37.9 Å². The largest absolute Gasteiger partial charge is 0.451 e. The minimum absolute atomic E-state index is 0.0370. The minimum Gasteiger partial charge on any atom is -0.451 e. The summed E-state index contributed by atoms with van der Waals surface area (Å²) in [5, 5.41) is 3.79. The van der Waals surface area contributed by atoms with E-state index in [-0.39, 0.29) is 22.5 Å². The van der Waals surface area contributed by atoms with Crippen molar-refractivity contribution in [2.24, 2.45) is 0 Å². The van der Waals surface area contributed by atoms with Crippen LogP contribution in [0.15, 0.2) is 52.9 Å². The first-order chi connectivity index (χ1) is 14.1. The van der Waals surface area contributed by atoms with Gasteiger partial charge in [-0.1, -0.05) is 30.3 Å². The number of para-hydroxylation sites is 1. The molecule has 1 atom stereocenters. The highest BCUT2D eigenvalue weighted by Gasteiger charge is 2.22. The lowest BCUT2D eigenvalue weighted by molar-refractivity contribution is 0.0648. The van der Waals surface area contributed by atoms with Crippen LogP contribution in [-0.4, -0.2) is 21.0 Å². The summed E-state index contributed by atoms with van der Waals surface area (Å²) in [5.74, 6) is 0.355. The summed E-state index contributed by atoms with van der Waals surface area (Å²) < 4.78 is 23.8. The summed E-state index contributed by atoms with van der Waals surface area (Å²) in [5.41, 5.74) is 2.94. The summed E-state index contributed by atoms with van der Waals surface area (Å²) in [6.45, 7) is 10.1. The maximum Gasteiger partial charge on any atom is 0.291 e. The van der Waals surface area contributed by atoms with Gasteiger partial charge in [-0.25, -0.2) is 0 Å². The lowest BCUT2D eigenvalue weighted by atomic mass is 10.1. The molecule has 6 heteroatoms. The number of hydrogen-bond donors (Lipinski definition) is 1. The van der Waals surface area contributed by atoms with E-state index in [1.165, 1.54) is 0 Å². The second-order valence-electron chi connectivity index (χ2n) is 8.52. The van der Waals surface area contributed by atoms with Gasteiger partial charge in [0.15, 0.2) is 5.76 Å². The van der Waals surface area contributed by atoms with E-state index in [9.17, 15) is 9.00 Å². The van der Waals surface area contributed by atoms with Crippen LogP contribution in [0.25, 0.3) is 11.0 Å². The van der Waals surface area contributed by atoms with Crippen molar-refractivity contribution >= 4 is 33.4 Å². The zero-order chi connectivity index (χ0) is 21.9. The summed E-state index contributed by atoms with van der Waals surface area (Å²) in [6.07, 6.45) is 0.0370. The molecule has 2 aromatic carbocycles. The Morgan fingerprint density at radius 1 is 1.13 bits per heavy atom. The maximum atomic E-state index is 13.0. The molecule has 0 saturated carbocycles. The monoisotopic (exact) mass is 427 g/mol. The van der Waals surface area contributed by atoms with Crippen LogP contribution in [0.5, 0.6) is 0 Å². The van der Waals surface area contributed by atoms with Crippen LogP contribution < -0.4 is 5.32 Å². The number of carbonyl (C=O) groups is 1. The number of carbonyl (C=O) groups excluding carboxylic acids is 1. The van der Waals surface area contributed by atoms with Gasteiger partial charge in [0.2, 0.25) is 0 Å². The van der Waals surface area contributed by atoms with Gasteiger partial charge in [-0.05, 0) is 58.4 Å². The van der Waals surface area contributed by atoms with Gasteiger partial charge in [-0.2, -0.15) is 0 Å². The van der Waals surface area contributed by atoms with Crippen LogP contribution in [0.3, 0.4) is 0 Å². The predicted octanol–water partition coefficient (Wildman–Crippen LogP) is 5.66. The van der Waals surface area contributed by atoms with Gasteiger partial charge in [-0.3, -0.25) is 9.00 Å². The van der Waals surface area contributed by atoms with Gasteiger partial charge in [0.05, 0.1) is 12.7 Å². The number of benzene rings is 2. The summed E-state index contributed by atoms with van der Waals surface area (Å²) in [7, 11) is -1.01. The van der Waals surface area contributed by atoms with Crippen molar-refractivity contribution < 1.29 is 18.2 Å². The van der Waals surface area contributed by atoms with E-state index in [1.807, 2.05) is 83.1 Å². The Morgan fingerprint density at radius 3 is 2.57 bits per heavy atom. The molecule has 160 valence electrons. The fourth-order valence-electron chi connectivity index (χ4n) is 2.97. The van der Waals surface area contributed by atoms with E-state index < -0.39 is 10.8 Å². The average Bonchev–Trinajstić information content (AvgIpc) is 3.04. The third kappa shape index (κ3) is 5.37. The second kappa shape index (κ2) is 9.14. The van der Waals surface area contributed by atoms with Crippen molar-refractivity contribution in [1.29, 1.82) is 0 Å². The zero-order valence-corrected chi connectivity index (χ0v) is 19.0. The number of hydrogen-bond acceptors (Lipinski definition) is 4. The van der Waals surface area contributed by atoms with Crippen LogP contribution in [-0.2, 0) is 27.9 Å². The Bertz CT molecular complexity index is 1060. The Hall–Kier alpha value is -2.44.